The van der Waals surface area contributed by atoms with Crippen LogP contribution in [0.3, 0.4) is 0 Å². The van der Waals surface area contributed by atoms with Crippen molar-refractivity contribution >= 4 is 11.6 Å². The van der Waals surface area contributed by atoms with Crippen LogP contribution >= 0.6 is 0 Å². The van der Waals surface area contributed by atoms with Crippen molar-refractivity contribution in [2.24, 2.45) is 11.0 Å². The maximum absolute atomic E-state index is 11.9. The summed E-state index contributed by atoms with van der Waals surface area (Å²) in [4.78, 5) is 11.9. The number of hydrogen-bond acceptors (Lipinski definition) is 3. The molecule has 1 N–H and O–H groups in total. The number of hydrazone groups is 1. The molecule has 1 aliphatic carbocycles. The van der Waals surface area contributed by atoms with E-state index < -0.39 is 0 Å². The molecule has 1 aromatic heterocycles. The normalized spacial score (nSPS) is 22.2. The van der Waals surface area contributed by atoms with Gasteiger partial charge in [0, 0.05) is 5.71 Å². The van der Waals surface area contributed by atoms with E-state index >= 15 is 0 Å². The van der Waals surface area contributed by atoms with Crippen LogP contribution in [-0.2, 0) is 0 Å². The van der Waals surface area contributed by atoms with Crippen LogP contribution in [0.4, 0.5) is 0 Å². The Morgan fingerprint density at radius 2 is 2.28 bits per heavy atom. The Labute approximate surface area is 107 Å². The summed E-state index contributed by atoms with van der Waals surface area (Å²) in [5, 5.41) is 4.24. The topological polar surface area (TPSA) is 54.6 Å². The highest BCUT2D eigenvalue weighted by atomic mass is 16.3. The first-order chi connectivity index (χ1) is 8.56. The van der Waals surface area contributed by atoms with Crippen molar-refractivity contribution in [2.75, 3.05) is 0 Å². The lowest BCUT2D eigenvalue weighted by atomic mass is 9.89. The summed E-state index contributed by atoms with van der Waals surface area (Å²) in [6.07, 6.45) is 4.41. The number of nitrogens with one attached hydrogen (secondary N) is 1. The zero-order chi connectivity index (χ0) is 13.1. The molecule has 0 aromatic carbocycles. The predicted octanol–water partition coefficient (Wildman–Crippen LogP) is 3.19. The first-order valence-corrected chi connectivity index (χ1v) is 6.49. The number of aryl methyl sites for hydroxylation is 2. The molecule has 18 heavy (non-hydrogen) atoms. The van der Waals surface area contributed by atoms with E-state index in [1.807, 2.05) is 6.92 Å². The van der Waals surface area contributed by atoms with Crippen molar-refractivity contribution in [3.05, 3.63) is 23.2 Å². The fraction of sp³-hybridized carbons (Fsp3) is 0.571. The van der Waals surface area contributed by atoms with Gasteiger partial charge in [-0.05, 0) is 51.5 Å². The second-order valence-corrected chi connectivity index (χ2v) is 5.15. The van der Waals surface area contributed by atoms with E-state index in [4.69, 9.17) is 4.42 Å². The number of carbonyl (C=O) groups excluding carboxylic acids is 1. The average Bonchev–Trinajstić information content (AvgIpc) is 2.66. The van der Waals surface area contributed by atoms with E-state index in [1.54, 1.807) is 13.0 Å². The maximum Gasteiger partial charge on any atom is 0.274 e. The van der Waals surface area contributed by atoms with Gasteiger partial charge in [-0.2, -0.15) is 5.10 Å². The van der Waals surface area contributed by atoms with Gasteiger partial charge >= 0.3 is 0 Å². The zero-order valence-electron chi connectivity index (χ0n) is 11.2. The van der Waals surface area contributed by atoms with Crippen LogP contribution in [0, 0.1) is 19.8 Å². The van der Waals surface area contributed by atoms with Crippen molar-refractivity contribution in [3.63, 3.8) is 0 Å². The number of nitrogens with zero attached hydrogens (tertiary/aromatic N) is 1. The molecule has 4 nitrogen and oxygen atoms in total. The molecule has 1 saturated carbocycles. The van der Waals surface area contributed by atoms with Crippen LogP contribution in [0.15, 0.2) is 15.6 Å². The Bertz CT molecular complexity index is 474. The molecule has 1 heterocycles. The minimum Gasteiger partial charge on any atom is -0.466 e. The van der Waals surface area contributed by atoms with Crippen LogP contribution in [0.2, 0.25) is 0 Å². The Kier molecular flexibility index (Phi) is 3.84. The molecule has 1 unspecified atom stereocenters. The first-order valence-electron chi connectivity index (χ1n) is 6.49. The van der Waals surface area contributed by atoms with Crippen molar-refractivity contribution in [1.82, 2.24) is 5.43 Å². The summed E-state index contributed by atoms with van der Waals surface area (Å²) >= 11 is 0. The lowest BCUT2D eigenvalue weighted by Crippen LogP contribution is -2.22. The van der Waals surface area contributed by atoms with E-state index in [2.05, 4.69) is 17.5 Å². The van der Waals surface area contributed by atoms with Crippen LogP contribution in [0.5, 0.6) is 0 Å². The summed E-state index contributed by atoms with van der Waals surface area (Å²) < 4.78 is 5.34. The lowest BCUT2D eigenvalue weighted by molar-refractivity contribution is 0.0953. The van der Waals surface area contributed by atoms with Crippen molar-refractivity contribution in [1.29, 1.82) is 0 Å². The second kappa shape index (κ2) is 5.38. The predicted molar refractivity (Wildman–Crippen MR) is 70.7 cm³/mol. The fourth-order valence-electron chi connectivity index (χ4n) is 2.41. The summed E-state index contributed by atoms with van der Waals surface area (Å²) in [6.45, 7) is 5.84. The molecule has 1 aromatic rings. The monoisotopic (exact) mass is 248 g/mol. The summed E-state index contributed by atoms with van der Waals surface area (Å²) in [5.74, 6) is 1.88. The van der Waals surface area contributed by atoms with Gasteiger partial charge in [0.2, 0.25) is 0 Å². The van der Waals surface area contributed by atoms with Crippen molar-refractivity contribution in [2.45, 2.75) is 46.5 Å². The van der Waals surface area contributed by atoms with Crippen LogP contribution in [0.25, 0.3) is 0 Å². The third-order valence-electron chi connectivity index (χ3n) is 3.35. The van der Waals surface area contributed by atoms with Gasteiger partial charge in [0.25, 0.3) is 5.91 Å². The number of furan rings is 1. The van der Waals surface area contributed by atoms with Gasteiger partial charge in [-0.3, -0.25) is 4.79 Å². The molecule has 0 aliphatic heterocycles. The maximum atomic E-state index is 11.9. The van der Waals surface area contributed by atoms with Crippen molar-refractivity contribution in [3.8, 4) is 0 Å². The summed E-state index contributed by atoms with van der Waals surface area (Å²) in [5.41, 5.74) is 4.30. The third-order valence-corrected chi connectivity index (χ3v) is 3.35. The van der Waals surface area contributed by atoms with E-state index in [1.165, 1.54) is 12.8 Å². The number of hydrogen-bond donors (Lipinski definition) is 1. The molecule has 1 atom stereocenters. The first kappa shape index (κ1) is 12.9. The van der Waals surface area contributed by atoms with E-state index in [0.29, 0.717) is 17.2 Å². The second-order valence-electron chi connectivity index (χ2n) is 5.15. The zero-order valence-corrected chi connectivity index (χ0v) is 11.2. The lowest BCUT2D eigenvalue weighted by Gasteiger charge is -2.18. The molecule has 0 bridgehead atoms. The molecule has 1 aliphatic rings. The molecular weight excluding hydrogens is 228 g/mol. The minimum atomic E-state index is -0.185. The van der Waals surface area contributed by atoms with Gasteiger partial charge in [-0.25, -0.2) is 5.43 Å². The Hall–Kier alpha value is -1.58. The molecule has 4 heteroatoms. The van der Waals surface area contributed by atoms with E-state index in [9.17, 15) is 4.79 Å². The summed E-state index contributed by atoms with van der Waals surface area (Å²) in [7, 11) is 0. The van der Waals surface area contributed by atoms with Gasteiger partial charge in [0.05, 0.1) is 5.56 Å². The summed E-state index contributed by atoms with van der Waals surface area (Å²) in [6, 6.07) is 1.74. The molecular formula is C14H20N2O2. The van der Waals surface area contributed by atoms with Crippen LogP contribution in [-0.4, -0.2) is 11.6 Å². The fourth-order valence-corrected chi connectivity index (χ4v) is 2.41. The van der Waals surface area contributed by atoms with Crippen molar-refractivity contribution < 1.29 is 9.21 Å². The molecule has 98 valence electrons. The van der Waals surface area contributed by atoms with Crippen LogP contribution < -0.4 is 5.43 Å². The highest BCUT2D eigenvalue weighted by Gasteiger charge is 2.16. The number of carbonyl (C=O) groups is 1. The molecule has 1 fully saturated rings. The van der Waals surface area contributed by atoms with E-state index in [0.717, 1.165) is 24.3 Å². The molecule has 2 rings (SSSR count). The van der Waals surface area contributed by atoms with Gasteiger partial charge < -0.3 is 4.42 Å². The van der Waals surface area contributed by atoms with Gasteiger partial charge in [-0.15, -0.1) is 0 Å². The van der Waals surface area contributed by atoms with Gasteiger partial charge in [0.1, 0.15) is 11.5 Å². The highest BCUT2D eigenvalue weighted by Crippen LogP contribution is 2.21. The van der Waals surface area contributed by atoms with Gasteiger partial charge in [-0.1, -0.05) is 6.92 Å². The van der Waals surface area contributed by atoms with Gasteiger partial charge in [0.15, 0.2) is 0 Å². The Balaban J connectivity index is 1.99. The Morgan fingerprint density at radius 3 is 2.89 bits per heavy atom. The third kappa shape index (κ3) is 3.00. The van der Waals surface area contributed by atoms with E-state index in [-0.39, 0.29) is 5.91 Å². The smallest absolute Gasteiger partial charge is 0.274 e. The highest BCUT2D eigenvalue weighted by molar-refractivity contribution is 5.96. The number of rotatable bonds is 2. The minimum absolute atomic E-state index is 0.185. The molecule has 1 amide bonds. The SMILES string of the molecule is Cc1cc(C(=O)N/N=C2\CCCC(C)C2)c(C)o1. The number of amides is 1. The standard InChI is InChI=1S/C14H20N2O2/c1-9-5-4-6-12(7-9)15-16-14(17)13-8-10(2)18-11(13)3/h8-9H,4-7H2,1-3H3,(H,16,17)/b15-12+. The quantitative estimate of drug-likeness (QED) is 0.817. The molecule has 0 saturated heterocycles. The molecule has 0 radical (unpaired) electrons. The molecule has 0 spiro atoms. The largest absolute Gasteiger partial charge is 0.466 e. The van der Waals surface area contributed by atoms with Crippen LogP contribution in [0.1, 0.15) is 54.5 Å². The Morgan fingerprint density at radius 1 is 1.50 bits per heavy atom. The average molecular weight is 248 g/mol.